The summed E-state index contributed by atoms with van der Waals surface area (Å²) >= 11 is 0. The van der Waals surface area contributed by atoms with Crippen molar-refractivity contribution < 1.29 is 4.79 Å². The number of nitrogens with one attached hydrogen (secondary N) is 1. The predicted molar refractivity (Wildman–Crippen MR) is 88.9 cm³/mol. The fourth-order valence-electron chi connectivity index (χ4n) is 2.81. The normalized spacial score (nSPS) is 14.9. The summed E-state index contributed by atoms with van der Waals surface area (Å²) in [5, 5.41) is 3.21. The number of carbonyl (C=O) groups is 1. The van der Waals surface area contributed by atoms with Crippen LogP contribution in [0.5, 0.6) is 0 Å². The monoisotopic (exact) mass is 289 g/mol. The molecule has 1 amide bonds. The molecule has 4 heteroatoms. The summed E-state index contributed by atoms with van der Waals surface area (Å²) in [6.45, 7) is 8.24. The van der Waals surface area contributed by atoms with Crippen LogP contribution in [-0.4, -0.2) is 43.5 Å². The second-order valence-electron chi connectivity index (χ2n) is 5.51. The Morgan fingerprint density at radius 2 is 1.71 bits per heavy atom. The standard InChI is InChI=1S/C17H27N3O/c1-3-19(4-2)17(21)14-18-15-8-10-16(11-9-15)20-12-6-5-7-13-20/h8-11,18H,3-7,12-14H2,1-2H3. The van der Waals surface area contributed by atoms with Gasteiger partial charge in [0.2, 0.25) is 5.91 Å². The number of carbonyl (C=O) groups excluding carboxylic acids is 1. The molecule has 0 unspecified atom stereocenters. The lowest BCUT2D eigenvalue weighted by Gasteiger charge is -2.29. The number of hydrogen-bond acceptors (Lipinski definition) is 3. The molecule has 4 nitrogen and oxygen atoms in total. The molecule has 1 fully saturated rings. The Morgan fingerprint density at radius 1 is 1.10 bits per heavy atom. The van der Waals surface area contributed by atoms with Gasteiger partial charge in [0, 0.05) is 37.6 Å². The molecule has 1 aliphatic rings. The molecule has 1 heterocycles. The van der Waals surface area contributed by atoms with Crippen LogP contribution < -0.4 is 10.2 Å². The first kappa shape index (κ1) is 15.7. The predicted octanol–water partition coefficient (Wildman–Crippen LogP) is 2.96. The number of likely N-dealkylation sites (N-methyl/N-ethyl adjacent to an activating group) is 1. The maximum absolute atomic E-state index is 11.9. The third-order valence-electron chi connectivity index (χ3n) is 4.15. The summed E-state index contributed by atoms with van der Waals surface area (Å²) in [7, 11) is 0. The first-order chi connectivity index (χ1) is 10.2. The van der Waals surface area contributed by atoms with Gasteiger partial charge in [-0.25, -0.2) is 0 Å². The minimum Gasteiger partial charge on any atom is -0.376 e. The SMILES string of the molecule is CCN(CC)C(=O)CNc1ccc(N2CCCCC2)cc1. The molecule has 116 valence electrons. The minimum atomic E-state index is 0.153. The summed E-state index contributed by atoms with van der Waals surface area (Å²) in [5.74, 6) is 0.153. The first-order valence-electron chi connectivity index (χ1n) is 8.11. The van der Waals surface area contributed by atoms with Crippen molar-refractivity contribution in [2.75, 3.05) is 42.9 Å². The van der Waals surface area contributed by atoms with Gasteiger partial charge in [-0.2, -0.15) is 0 Å². The Bertz CT molecular complexity index is 434. The van der Waals surface area contributed by atoms with Gasteiger partial charge < -0.3 is 15.1 Å². The van der Waals surface area contributed by atoms with Gasteiger partial charge in [-0.3, -0.25) is 4.79 Å². The van der Waals surface area contributed by atoms with Gasteiger partial charge in [-0.1, -0.05) is 0 Å². The fourth-order valence-corrected chi connectivity index (χ4v) is 2.81. The van der Waals surface area contributed by atoms with Gasteiger partial charge >= 0.3 is 0 Å². The highest BCUT2D eigenvalue weighted by Crippen LogP contribution is 2.21. The van der Waals surface area contributed by atoms with Crippen molar-refractivity contribution in [1.29, 1.82) is 0 Å². The Balaban J connectivity index is 1.86. The second kappa shape index (κ2) is 7.91. The number of amides is 1. The topological polar surface area (TPSA) is 35.6 Å². The van der Waals surface area contributed by atoms with Gasteiger partial charge in [0.25, 0.3) is 0 Å². The van der Waals surface area contributed by atoms with E-state index in [2.05, 4.69) is 34.5 Å². The van der Waals surface area contributed by atoms with Crippen LogP contribution in [0.1, 0.15) is 33.1 Å². The lowest BCUT2D eigenvalue weighted by atomic mass is 10.1. The zero-order valence-corrected chi connectivity index (χ0v) is 13.3. The molecule has 0 saturated carbocycles. The molecule has 2 rings (SSSR count). The summed E-state index contributed by atoms with van der Waals surface area (Å²) in [5.41, 5.74) is 2.30. The summed E-state index contributed by atoms with van der Waals surface area (Å²) in [4.78, 5) is 16.2. The largest absolute Gasteiger partial charge is 0.376 e. The summed E-state index contributed by atoms with van der Waals surface area (Å²) in [6, 6.07) is 8.43. The molecule has 1 aromatic rings. The van der Waals surface area contributed by atoms with Gasteiger partial charge in [-0.05, 0) is 57.4 Å². The van der Waals surface area contributed by atoms with Crippen molar-refractivity contribution in [1.82, 2.24) is 4.90 Å². The van der Waals surface area contributed by atoms with Crippen LogP contribution in [0.25, 0.3) is 0 Å². The van der Waals surface area contributed by atoms with Crippen molar-refractivity contribution in [2.24, 2.45) is 0 Å². The number of hydrogen-bond donors (Lipinski definition) is 1. The summed E-state index contributed by atoms with van der Waals surface area (Å²) < 4.78 is 0. The molecule has 0 aliphatic carbocycles. The van der Waals surface area contributed by atoms with E-state index >= 15 is 0 Å². The van der Waals surface area contributed by atoms with Crippen molar-refractivity contribution in [3.8, 4) is 0 Å². The zero-order chi connectivity index (χ0) is 15.1. The molecule has 21 heavy (non-hydrogen) atoms. The number of benzene rings is 1. The second-order valence-corrected chi connectivity index (χ2v) is 5.51. The Kier molecular flexibility index (Phi) is 5.90. The molecule has 0 spiro atoms. The van der Waals surface area contributed by atoms with Crippen LogP contribution in [0.4, 0.5) is 11.4 Å². The molecule has 1 N–H and O–H groups in total. The van der Waals surface area contributed by atoms with Gasteiger partial charge in [-0.15, -0.1) is 0 Å². The number of anilines is 2. The van der Waals surface area contributed by atoms with E-state index in [-0.39, 0.29) is 5.91 Å². The highest BCUT2D eigenvalue weighted by molar-refractivity contribution is 5.80. The van der Waals surface area contributed by atoms with Crippen LogP contribution in [0.2, 0.25) is 0 Å². The van der Waals surface area contributed by atoms with Gasteiger partial charge in [0.15, 0.2) is 0 Å². The maximum atomic E-state index is 11.9. The maximum Gasteiger partial charge on any atom is 0.241 e. The van der Waals surface area contributed by atoms with Crippen LogP contribution in [0, 0.1) is 0 Å². The van der Waals surface area contributed by atoms with Crippen molar-refractivity contribution in [2.45, 2.75) is 33.1 Å². The lowest BCUT2D eigenvalue weighted by Crippen LogP contribution is -2.35. The molecule has 0 radical (unpaired) electrons. The Labute approximate surface area is 128 Å². The molecular formula is C17H27N3O. The first-order valence-corrected chi connectivity index (χ1v) is 8.11. The number of piperidine rings is 1. The Hall–Kier alpha value is -1.71. The van der Waals surface area contributed by atoms with E-state index in [1.165, 1.54) is 24.9 Å². The van der Waals surface area contributed by atoms with Crippen LogP contribution in [-0.2, 0) is 4.79 Å². The molecule has 0 bridgehead atoms. The molecular weight excluding hydrogens is 262 g/mol. The fraction of sp³-hybridized carbons (Fsp3) is 0.588. The quantitative estimate of drug-likeness (QED) is 0.874. The smallest absolute Gasteiger partial charge is 0.241 e. The molecule has 0 aromatic heterocycles. The number of rotatable bonds is 6. The van der Waals surface area contributed by atoms with Crippen LogP contribution >= 0.6 is 0 Å². The van der Waals surface area contributed by atoms with E-state index in [1.807, 2.05) is 18.7 Å². The van der Waals surface area contributed by atoms with E-state index < -0.39 is 0 Å². The molecule has 1 aromatic carbocycles. The minimum absolute atomic E-state index is 0.153. The van der Waals surface area contributed by atoms with Crippen LogP contribution in [0.3, 0.4) is 0 Å². The van der Waals surface area contributed by atoms with E-state index in [0.717, 1.165) is 31.9 Å². The zero-order valence-electron chi connectivity index (χ0n) is 13.3. The Morgan fingerprint density at radius 3 is 2.29 bits per heavy atom. The number of nitrogens with zero attached hydrogens (tertiary/aromatic N) is 2. The van der Waals surface area contributed by atoms with Crippen LogP contribution in [0.15, 0.2) is 24.3 Å². The molecule has 1 aliphatic heterocycles. The third kappa shape index (κ3) is 4.38. The van der Waals surface area contributed by atoms with E-state index in [0.29, 0.717) is 6.54 Å². The average Bonchev–Trinajstić information content (AvgIpc) is 2.55. The molecule has 0 atom stereocenters. The van der Waals surface area contributed by atoms with E-state index in [4.69, 9.17) is 0 Å². The highest BCUT2D eigenvalue weighted by Gasteiger charge is 2.11. The molecule has 1 saturated heterocycles. The van der Waals surface area contributed by atoms with E-state index in [1.54, 1.807) is 0 Å². The summed E-state index contributed by atoms with van der Waals surface area (Å²) in [6.07, 6.45) is 3.93. The van der Waals surface area contributed by atoms with Crippen molar-refractivity contribution >= 4 is 17.3 Å². The van der Waals surface area contributed by atoms with Gasteiger partial charge in [0.1, 0.15) is 0 Å². The van der Waals surface area contributed by atoms with Gasteiger partial charge in [0.05, 0.1) is 6.54 Å². The van der Waals surface area contributed by atoms with Crippen molar-refractivity contribution in [3.63, 3.8) is 0 Å². The third-order valence-corrected chi connectivity index (χ3v) is 4.15. The van der Waals surface area contributed by atoms with E-state index in [9.17, 15) is 4.79 Å². The average molecular weight is 289 g/mol. The highest BCUT2D eigenvalue weighted by atomic mass is 16.2. The van der Waals surface area contributed by atoms with Crippen molar-refractivity contribution in [3.05, 3.63) is 24.3 Å². The lowest BCUT2D eigenvalue weighted by molar-refractivity contribution is -0.128.